The summed E-state index contributed by atoms with van der Waals surface area (Å²) in [6.45, 7) is 5.94. The monoisotopic (exact) mass is 470 g/mol. The van der Waals surface area contributed by atoms with Gasteiger partial charge in [-0.3, -0.25) is 9.10 Å². The first-order valence-electron chi connectivity index (χ1n) is 11.3. The molecule has 1 fully saturated rings. The number of benzene rings is 2. The molecule has 1 aromatic heterocycles. The molecule has 0 spiro atoms. The van der Waals surface area contributed by atoms with Crippen molar-refractivity contribution in [2.75, 3.05) is 23.9 Å². The van der Waals surface area contributed by atoms with Gasteiger partial charge in [-0.2, -0.15) is 0 Å². The molecule has 1 aliphatic rings. The number of carbonyl (C=O) groups excluding carboxylic acids is 1. The molecule has 0 saturated carbocycles. The minimum Gasteiger partial charge on any atom is -0.338 e. The highest BCUT2D eigenvalue weighted by Crippen LogP contribution is 2.33. The van der Waals surface area contributed by atoms with Crippen molar-refractivity contribution in [3.05, 3.63) is 59.0 Å². The van der Waals surface area contributed by atoms with E-state index in [0.717, 1.165) is 46.5 Å². The maximum absolute atomic E-state index is 13.4. The standard InChI is InChI=1S/C25H30N2O3S2/c1-3-14-27(32(29,30)22-11-8-19(2)9-12-22)21-10-13-23-20(17-21)18-24(31-23)25(28)26-15-6-4-5-7-16-26/h8-13,17-18H,3-7,14-16H2,1-2H3. The third-order valence-corrected chi connectivity index (χ3v) is 8.87. The Morgan fingerprint density at radius 3 is 2.34 bits per heavy atom. The van der Waals surface area contributed by atoms with Gasteiger partial charge in [-0.25, -0.2) is 8.42 Å². The highest BCUT2D eigenvalue weighted by atomic mass is 32.2. The molecule has 7 heteroatoms. The van der Waals surface area contributed by atoms with Crippen molar-refractivity contribution < 1.29 is 13.2 Å². The van der Waals surface area contributed by atoms with E-state index in [1.807, 2.05) is 55.1 Å². The Morgan fingerprint density at radius 2 is 1.69 bits per heavy atom. The van der Waals surface area contributed by atoms with Crippen molar-refractivity contribution in [2.45, 2.75) is 50.8 Å². The normalized spacial score (nSPS) is 15.0. The van der Waals surface area contributed by atoms with Crippen LogP contribution in [0.1, 0.15) is 54.3 Å². The van der Waals surface area contributed by atoms with Gasteiger partial charge in [0.25, 0.3) is 15.9 Å². The molecule has 4 rings (SSSR count). The Hall–Kier alpha value is -2.38. The first-order chi connectivity index (χ1) is 15.4. The number of hydrogen-bond donors (Lipinski definition) is 0. The van der Waals surface area contributed by atoms with E-state index in [1.54, 1.807) is 12.1 Å². The smallest absolute Gasteiger partial charge is 0.264 e. The summed E-state index contributed by atoms with van der Waals surface area (Å²) in [5.41, 5.74) is 1.65. The molecule has 0 radical (unpaired) electrons. The van der Waals surface area contributed by atoms with Crippen molar-refractivity contribution in [2.24, 2.45) is 0 Å². The predicted octanol–water partition coefficient (Wildman–Crippen LogP) is 5.83. The average molecular weight is 471 g/mol. The van der Waals surface area contributed by atoms with Crippen LogP contribution in [0.4, 0.5) is 5.69 Å². The van der Waals surface area contributed by atoms with Crippen LogP contribution < -0.4 is 4.31 Å². The van der Waals surface area contributed by atoms with Gasteiger partial charge in [0.2, 0.25) is 0 Å². The molecule has 0 atom stereocenters. The molecule has 3 aromatic rings. The number of thiophene rings is 1. The molecule has 32 heavy (non-hydrogen) atoms. The maximum Gasteiger partial charge on any atom is 0.264 e. The lowest BCUT2D eigenvalue weighted by Gasteiger charge is -2.24. The van der Waals surface area contributed by atoms with E-state index in [1.165, 1.54) is 28.5 Å². The Labute approximate surface area is 194 Å². The molecule has 1 aliphatic heterocycles. The second-order valence-corrected chi connectivity index (χ2v) is 11.4. The van der Waals surface area contributed by atoms with E-state index >= 15 is 0 Å². The summed E-state index contributed by atoms with van der Waals surface area (Å²) >= 11 is 1.49. The topological polar surface area (TPSA) is 57.7 Å². The van der Waals surface area contributed by atoms with Gasteiger partial charge in [0, 0.05) is 24.3 Å². The summed E-state index contributed by atoms with van der Waals surface area (Å²) in [6.07, 6.45) is 5.18. The summed E-state index contributed by atoms with van der Waals surface area (Å²) in [5, 5.41) is 0.908. The summed E-state index contributed by atoms with van der Waals surface area (Å²) in [4.78, 5) is 16.0. The lowest BCUT2D eigenvalue weighted by Crippen LogP contribution is -2.31. The van der Waals surface area contributed by atoms with Crippen LogP contribution in [0.15, 0.2) is 53.4 Å². The largest absolute Gasteiger partial charge is 0.338 e. The summed E-state index contributed by atoms with van der Waals surface area (Å²) in [6, 6.07) is 14.6. The predicted molar refractivity (Wildman–Crippen MR) is 132 cm³/mol. The number of rotatable bonds is 6. The Bertz CT molecular complexity index is 1190. The van der Waals surface area contributed by atoms with Crippen LogP contribution in [0.5, 0.6) is 0 Å². The number of amides is 1. The first kappa shape index (κ1) is 22.8. The summed E-state index contributed by atoms with van der Waals surface area (Å²) in [5.74, 6) is 0.0901. The molecular formula is C25H30N2O3S2. The van der Waals surface area contributed by atoms with E-state index in [4.69, 9.17) is 0 Å². The number of anilines is 1. The number of aryl methyl sites for hydroxylation is 1. The number of hydrogen-bond acceptors (Lipinski definition) is 4. The van der Waals surface area contributed by atoms with Gasteiger partial charge < -0.3 is 4.90 Å². The zero-order valence-corrected chi connectivity index (χ0v) is 20.3. The number of carbonyl (C=O) groups is 1. The lowest BCUT2D eigenvalue weighted by atomic mass is 10.2. The van der Waals surface area contributed by atoms with Crippen LogP contribution in [-0.4, -0.2) is 38.9 Å². The number of sulfonamides is 1. The molecule has 2 heterocycles. The van der Waals surface area contributed by atoms with Gasteiger partial charge in [0.15, 0.2) is 0 Å². The fraction of sp³-hybridized carbons (Fsp3) is 0.400. The Kier molecular flexibility index (Phi) is 6.86. The van der Waals surface area contributed by atoms with Crippen LogP contribution in [0.25, 0.3) is 10.1 Å². The summed E-state index contributed by atoms with van der Waals surface area (Å²) in [7, 11) is -3.67. The molecule has 1 saturated heterocycles. The van der Waals surface area contributed by atoms with Crippen LogP contribution in [0, 0.1) is 6.92 Å². The van der Waals surface area contributed by atoms with Gasteiger partial charge in [-0.05, 0) is 68.0 Å². The van der Waals surface area contributed by atoms with Crippen LogP contribution in [0.2, 0.25) is 0 Å². The van der Waals surface area contributed by atoms with Crippen molar-refractivity contribution in [1.82, 2.24) is 4.90 Å². The minimum absolute atomic E-state index is 0.0901. The second-order valence-electron chi connectivity index (χ2n) is 8.43. The molecule has 170 valence electrons. The molecule has 0 bridgehead atoms. The molecular weight excluding hydrogens is 440 g/mol. The SMILES string of the molecule is CCCN(c1ccc2sc(C(=O)N3CCCCCC3)cc2c1)S(=O)(=O)c1ccc(C)cc1. The van der Waals surface area contributed by atoms with Gasteiger partial charge in [0.1, 0.15) is 0 Å². The van der Waals surface area contributed by atoms with Crippen molar-refractivity contribution in [3.63, 3.8) is 0 Å². The van der Waals surface area contributed by atoms with E-state index in [9.17, 15) is 13.2 Å². The van der Waals surface area contributed by atoms with Crippen molar-refractivity contribution >= 4 is 43.0 Å². The van der Waals surface area contributed by atoms with E-state index in [-0.39, 0.29) is 5.91 Å². The van der Waals surface area contributed by atoms with E-state index in [0.29, 0.717) is 23.5 Å². The number of fused-ring (bicyclic) bond motifs is 1. The molecule has 5 nitrogen and oxygen atoms in total. The Morgan fingerprint density at radius 1 is 1.00 bits per heavy atom. The molecule has 1 amide bonds. The molecule has 0 unspecified atom stereocenters. The van der Waals surface area contributed by atoms with Gasteiger partial charge in [0.05, 0.1) is 15.5 Å². The number of likely N-dealkylation sites (tertiary alicyclic amines) is 1. The second kappa shape index (κ2) is 9.63. The third-order valence-electron chi connectivity index (χ3n) is 5.93. The van der Waals surface area contributed by atoms with Crippen LogP contribution >= 0.6 is 11.3 Å². The van der Waals surface area contributed by atoms with Crippen molar-refractivity contribution in [1.29, 1.82) is 0 Å². The quantitative estimate of drug-likeness (QED) is 0.455. The molecule has 2 aromatic carbocycles. The molecule has 0 N–H and O–H groups in total. The first-order valence-corrected chi connectivity index (χ1v) is 13.6. The average Bonchev–Trinajstić information content (AvgIpc) is 3.02. The fourth-order valence-electron chi connectivity index (χ4n) is 4.15. The highest BCUT2D eigenvalue weighted by molar-refractivity contribution is 7.92. The summed E-state index contributed by atoms with van der Waals surface area (Å²) < 4.78 is 29.3. The van der Waals surface area contributed by atoms with Gasteiger partial charge in [-0.1, -0.05) is 37.5 Å². The van der Waals surface area contributed by atoms with E-state index in [2.05, 4.69) is 0 Å². The third kappa shape index (κ3) is 4.69. The van der Waals surface area contributed by atoms with Crippen molar-refractivity contribution in [3.8, 4) is 0 Å². The van der Waals surface area contributed by atoms with Gasteiger partial charge >= 0.3 is 0 Å². The zero-order valence-electron chi connectivity index (χ0n) is 18.7. The van der Waals surface area contributed by atoms with Crippen LogP contribution in [0.3, 0.4) is 0 Å². The maximum atomic E-state index is 13.4. The van der Waals surface area contributed by atoms with Crippen LogP contribution in [-0.2, 0) is 10.0 Å². The zero-order chi connectivity index (χ0) is 22.7. The molecule has 0 aliphatic carbocycles. The lowest BCUT2D eigenvalue weighted by molar-refractivity contribution is 0.0766. The van der Waals surface area contributed by atoms with E-state index < -0.39 is 10.0 Å². The number of nitrogens with zero attached hydrogens (tertiary/aromatic N) is 2. The Balaban J connectivity index is 1.66. The highest BCUT2D eigenvalue weighted by Gasteiger charge is 2.25. The fourth-order valence-corrected chi connectivity index (χ4v) is 6.71. The minimum atomic E-state index is -3.67. The van der Waals surface area contributed by atoms with Gasteiger partial charge in [-0.15, -0.1) is 11.3 Å².